The highest BCUT2D eigenvalue weighted by atomic mass is 32.1. The highest BCUT2D eigenvalue weighted by molar-refractivity contribution is 7.80. The quantitative estimate of drug-likeness (QED) is 0.500. The third-order valence-corrected chi connectivity index (χ3v) is 3.86. The number of methoxy groups -OCH3 is 1. The summed E-state index contributed by atoms with van der Waals surface area (Å²) in [6.45, 7) is 3.51. The van der Waals surface area contributed by atoms with Gasteiger partial charge in [0.15, 0.2) is 10.9 Å². The Balaban J connectivity index is 2.47. The molecule has 1 atom stereocenters. The van der Waals surface area contributed by atoms with Crippen molar-refractivity contribution >= 4 is 17.3 Å². The zero-order valence-corrected chi connectivity index (χ0v) is 13.1. The van der Waals surface area contributed by atoms with Gasteiger partial charge in [0.25, 0.3) is 0 Å². The summed E-state index contributed by atoms with van der Waals surface area (Å²) in [6, 6.07) is 7.03. The Morgan fingerprint density at radius 2 is 1.90 bits per heavy atom. The van der Waals surface area contributed by atoms with Gasteiger partial charge < -0.3 is 25.6 Å². The average Bonchev–Trinajstić information content (AvgIpc) is 2.46. The van der Waals surface area contributed by atoms with E-state index in [2.05, 4.69) is 10.6 Å². The molecule has 0 saturated carbocycles. The fourth-order valence-electron chi connectivity index (χ4n) is 2.46. The van der Waals surface area contributed by atoms with Gasteiger partial charge in [0.2, 0.25) is 0 Å². The molecule has 0 aliphatic carbocycles. The van der Waals surface area contributed by atoms with E-state index in [1.54, 1.807) is 21.0 Å². The van der Waals surface area contributed by atoms with Crippen LogP contribution in [0.25, 0.3) is 0 Å². The first kappa shape index (κ1) is 15.8. The Bertz CT molecular complexity index is 567. The van der Waals surface area contributed by atoms with Gasteiger partial charge >= 0.3 is 0 Å². The van der Waals surface area contributed by atoms with Crippen LogP contribution in [0.15, 0.2) is 35.5 Å². The van der Waals surface area contributed by atoms with Crippen molar-refractivity contribution < 1.29 is 14.9 Å². The summed E-state index contributed by atoms with van der Waals surface area (Å²) in [5, 5.41) is 27.1. The topological polar surface area (TPSA) is 73.8 Å². The van der Waals surface area contributed by atoms with Crippen molar-refractivity contribution in [1.29, 1.82) is 0 Å². The second-order valence-electron chi connectivity index (χ2n) is 5.01. The second-order valence-corrected chi connectivity index (χ2v) is 5.42. The molecule has 0 bridgehead atoms. The lowest BCUT2D eigenvalue weighted by atomic mass is 9.88. The standard InChI is InChI=1S/C15H20N2O3S/c1-4-15(18,19)12-9(2)16-14(21)17-13(12)10-5-7-11(20-3)8-6-10/h5-8,13,18-19H,4H2,1-3H3,(H2,16,17,21)/t13-/m0/s1. The zero-order chi connectivity index (χ0) is 15.6. The normalized spacial score (nSPS) is 19.1. The molecule has 0 fully saturated rings. The molecule has 0 saturated heterocycles. The summed E-state index contributed by atoms with van der Waals surface area (Å²) in [5.41, 5.74) is 2.02. The number of thiocarbonyl (C=S) groups is 1. The molecule has 0 radical (unpaired) electrons. The maximum absolute atomic E-state index is 10.3. The first-order chi connectivity index (χ1) is 9.89. The summed E-state index contributed by atoms with van der Waals surface area (Å²) >= 11 is 5.18. The van der Waals surface area contributed by atoms with Crippen molar-refractivity contribution in [1.82, 2.24) is 10.6 Å². The third-order valence-electron chi connectivity index (χ3n) is 3.64. The summed E-state index contributed by atoms with van der Waals surface area (Å²) in [6.07, 6.45) is 0.183. The van der Waals surface area contributed by atoms with Gasteiger partial charge in [0, 0.05) is 17.7 Å². The number of hydrogen-bond acceptors (Lipinski definition) is 4. The minimum atomic E-state index is -1.90. The molecule has 1 heterocycles. The maximum atomic E-state index is 10.3. The van der Waals surface area contributed by atoms with E-state index in [1.807, 2.05) is 24.3 Å². The van der Waals surface area contributed by atoms with Gasteiger partial charge in [-0.15, -0.1) is 0 Å². The van der Waals surface area contributed by atoms with Crippen LogP contribution in [-0.2, 0) is 0 Å². The lowest BCUT2D eigenvalue weighted by Crippen LogP contribution is -2.49. The van der Waals surface area contributed by atoms with Crippen molar-refractivity contribution in [2.24, 2.45) is 0 Å². The molecule has 6 heteroatoms. The SMILES string of the molecule is CCC(O)(O)C1=C(C)NC(=S)N[C@H]1c1ccc(OC)cc1. The highest BCUT2D eigenvalue weighted by Crippen LogP contribution is 2.35. The monoisotopic (exact) mass is 308 g/mol. The van der Waals surface area contributed by atoms with Gasteiger partial charge in [-0.3, -0.25) is 0 Å². The van der Waals surface area contributed by atoms with Crippen LogP contribution in [0, 0.1) is 0 Å². The predicted molar refractivity (Wildman–Crippen MR) is 84.8 cm³/mol. The minimum Gasteiger partial charge on any atom is -0.497 e. The van der Waals surface area contributed by atoms with Crippen LogP contribution in [0.4, 0.5) is 0 Å². The summed E-state index contributed by atoms with van der Waals surface area (Å²) < 4.78 is 5.14. The largest absolute Gasteiger partial charge is 0.497 e. The number of benzene rings is 1. The fourth-order valence-corrected chi connectivity index (χ4v) is 2.73. The molecule has 2 rings (SSSR count). The fraction of sp³-hybridized carbons (Fsp3) is 0.400. The van der Waals surface area contributed by atoms with E-state index in [0.29, 0.717) is 16.4 Å². The molecule has 0 spiro atoms. The molecule has 4 N–H and O–H groups in total. The first-order valence-corrected chi connectivity index (χ1v) is 7.17. The molecule has 0 amide bonds. The van der Waals surface area contributed by atoms with Crippen LogP contribution < -0.4 is 15.4 Å². The van der Waals surface area contributed by atoms with E-state index in [4.69, 9.17) is 17.0 Å². The Kier molecular flexibility index (Phi) is 4.51. The Labute approximate surface area is 129 Å². The lowest BCUT2D eigenvalue weighted by molar-refractivity contribution is -0.134. The smallest absolute Gasteiger partial charge is 0.189 e. The number of hydrogen-bond donors (Lipinski definition) is 4. The number of allylic oxidation sites excluding steroid dienone is 1. The first-order valence-electron chi connectivity index (χ1n) is 6.76. The van der Waals surface area contributed by atoms with Crippen molar-refractivity contribution in [2.45, 2.75) is 32.1 Å². The maximum Gasteiger partial charge on any atom is 0.189 e. The van der Waals surface area contributed by atoms with Gasteiger partial charge in [0.1, 0.15) is 5.75 Å². The third kappa shape index (κ3) is 3.18. The lowest BCUT2D eigenvalue weighted by Gasteiger charge is -2.37. The van der Waals surface area contributed by atoms with E-state index >= 15 is 0 Å². The molecule has 1 aromatic rings. The van der Waals surface area contributed by atoms with E-state index in [-0.39, 0.29) is 12.5 Å². The number of ether oxygens (including phenoxy) is 1. The molecule has 0 unspecified atom stereocenters. The van der Waals surface area contributed by atoms with Gasteiger partial charge in [-0.05, 0) is 36.8 Å². The van der Waals surface area contributed by atoms with Crippen LogP contribution in [0.1, 0.15) is 31.9 Å². The van der Waals surface area contributed by atoms with E-state index in [0.717, 1.165) is 11.3 Å². The van der Waals surface area contributed by atoms with Crippen molar-refractivity contribution in [3.8, 4) is 5.75 Å². The number of nitrogens with one attached hydrogen (secondary N) is 2. The number of rotatable bonds is 4. The van der Waals surface area contributed by atoms with Crippen molar-refractivity contribution in [2.75, 3.05) is 7.11 Å². The molecule has 21 heavy (non-hydrogen) atoms. The van der Waals surface area contributed by atoms with Crippen molar-refractivity contribution in [3.63, 3.8) is 0 Å². The molecular formula is C15H20N2O3S. The van der Waals surface area contributed by atoms with E-state index < -0.39 is 5.79 Å². The average molecular weight is 308 g/mol. The summed E-state index contributed by atoms with van der Waals surface area (Å²) in [4.78, 5) is 0. The minimum absolute atomic E-state index is 0.183. The molecule has 5 nitrogen and oxygen atoms in total. The Morgan fingerprint density at radius 1 is 1.29 bits per heavy atom. The Morgan fingerprint density at radius 3 is 2.43 bits per heavy atom. The van der Waals surface area contributed by atoms with E-state index in [1.165, 1.54) is 0 Å². The predicted octanol–water partition coefficient (Wildman–Crippen LogP) is 1.58. The van der Waals surface area contributed by atoms with E-state index in [9.17, 15) is 10.2 Å². The Hall–Kier alpha value is -1.63. The highest BCUT2D eigenvalue weighted by Gasteiger charge is 2.37. The van der Waals surface area contributed by atoms with Gasteiger partial charge in [-0.25, -0.2) is 0 Å². The molecule has 1 aliphatic heterocycles. The van der Waals surface area contributed by atoms with Gasteiger partial charge in [-0.2, -0.15) is 0 Å². The van der Waals surface area contributed by atoms with Crippen LogP contribution in [0.2, 0.25) is 0 Å². The second kappa shape index (κ2) is 6.01. The summed E-state index contributed by atoms with van der Waals surface area (Å²) in [7, 11) is 1.60. The molecule has 114 valence electrons. The summed E-state index contributed by atoms with van der Waals surface area (Å²) in [5.74, 6) is -1.16. The molecule has 1 aromatic carbocycles. The van der Waals surface area contributed by atoms with Crippen LogP contribution >= 0.6 is 12.2 Å². The van der Waals surface area contributed by atoms with Gasteiger partial charge in [0.05, 0.1) is 13.2 Å². The molecular weight excluding hydrogens is 288 g/mol. The van der Waals surface area contributed by atoms with Crippen LogP contribution in [0.5, 0.6) is 5.75 Å². The van der Waals surface area contributed by atoms with Crippen molar-refractivity contribution in [3.05, 3.63) is 41.1 Å². The zero-order valence-electron chi connectivity index (χ0n) is 12.3. The number of aliphatic hydroxyl groups is 2. The molecule has 0 aromatic heterocycles. The molecule has 1 aliphatic rings. The van der Waals surface area contributed by atoms with Crippen LogP contribution in [-0.4, -0.2) is 28.2 Å². The van der Waals surface area contributed by atoms with Crippen LogP contribution in [0.3, 0.4) is 0 Å². The van der Waals surface area contributed by atoms with Gasteiger partial charge in [-0.1, -0.05) is 19.1 Å².